The van der Waals surface area contributed by atoms with Crippen LogP contribution in [0.5, 0.6) is 0 Å². The minimum absolute atomic E-state index is 0.111. The second kappa shape index (κ2) is 7.82. The zero-order chi connectivity index (χ0) is 11.8. The molecule has 0 N–H and O–H groups in total. The molecule has 0 amide bonds. The fourth-order valence-electron chi connectivity index (χ4n) is 1.49. The summed E-state index contributed by atoms with van der Waals surface area (Å²) in [4.78, 5) is 0. The molecule has 1 aromatic carbocycles. The van der Waals surface area contributed by atoms with Gasteiger partial charge in [-0.05, 0) is 19.4 Å². The van der Waals surface area contributed by atoms with Gasteiger partial charge in [-0.2, -0.15) is 0 Å². The lowest BCUT2D eigenvalue weighted by Gasteiger charge is -2.16. The predicted molar refractivity (Wildman–Crippen MR) is 70.2 cm³/mol. The third-order valence-corrected chi connectivity index (χ3v) is 2.89. The second-order valence-corrected chi connectivity index (χ2v) is 4.27. The summed E-state index contributed by atoms with van der Waals surface area (Å²) < 4.78 is 11.0. The minimum atomic E-state index is 0.111. The topological polar surface area (TPSA) is 18.5 Å². The summed E-state index contributed by atoms with van der Waals surface area (Å²) in [6.45, 7) is 6.12. The molecular formula is C13H19BrO2. The molecule has 0 bridgehead atoms. The maximum Gasteiger partial charge on any atom is 0.0922 e. The van der Waals surface area contributed by atoms with Gasteiger partial charge in [0, 0.05) is 11.9 Å². The molecule has 0 radical (unpaired) electrons. The largest absolute Gasteiger partial charge is 0.379 e. The summed E-state index contributed by atoms with van der Waals surface area (Å²) in [5, 5.41) is 0.808. The molecule has 0 heterocycles. The number of rotatable bonds is 7. The maximum atomic E-state index is 5.76. The number of aryl methyl sites for hydroxylation is 1. The molecule has 0 aromatic heterocycles. The number of alkyl halides is 1. The standard InChI is InChI=1S/C13H19BrO2/c1-3-15-7-8-16-13(10-14)12-6-4-5-11(2)9-12/h4-6,9,13H,3,7-8,10H2,1-2H3. The molecule has 2 nitrogen and oxygen atoms in total. The number of hydrogen-bond donors (Lipinski definition) is 0. The molecule has 0 aliphatic carbocycles. The Hall–Kier alpha value is -0.380. The lowest BCUT2D eigenvalue weighted by molar-refractivity contribution is 0.0171. The Morgan fingerprint density at radius 1 is 1.31 bits per heavy atom. The fourth-order valence-corrected chi connectivity index (χ4v) is 2.05. The van der Waals surface area contributed by atoms with E-state index in [4.69, 9.17) is 9.47 Å². The molecule has 3 heteroatoms. The zero-order valence-electron chi connectivity index (χ0n) is 9.91. The highest BCUT2D eigenvalue weighted by Crippen LogP contribution is 2.20. The quantitative estimate of drug-likeness (QED) is 0.564. The number of hydrogen-bond acceptors (Lipinski definition) is 2. The van der Waals surface area contributed by atoms with Crippen LogP contribution >= 0.6 is 15.9 Å². The molecule has 0 aliphatic rings. The van der Waals surface area contributed by atoms with Gasteiger partial charge >= 0.3 is 0 Å². The molecule has 0 aliphatic heterocycles. The first-order chi connectivity index (χ1) is 7.77. The van der Waals surface area contributed by atoms with Crippen LogP contribution in [-0.2, 0) is 9.47 Å². The maximum absolute atomic E-state index is 5.76. The van der Waals surface area contributed by atoms with Crippen LogP contribution < -0.4 is 0 Å². The highest BCUT2D eigenvalue weighted by Gasteiger charge is 2.10. The van der Waals surface area contributed by atoms with E-state index in [1.165, 1.54) is 11.1 Å². The summed E-state index contributed by atoms with van der Waals surface area (Å²) in [6.07, 6.45) is 0.111. The van der Waals surface area contributed by atoms with E-state index in [9.17, 15) is 0 Å². The van der Waals surface area contributed by atoms with Gasteiger partial charge in [0.1, 0.15) is 0 Å². The molecule has 0 spiro atoms. The molecule has 1 atom stereocenters. The predicted octanol–water partition coefficient (Wildman–Crippen LogP) is 3.48. The Labute approximate surface area is 106 Å². The van der Waals surface area contributed by atoms with Gasteiger partial charge in [0.25, 0.3) is 0 Å². The average molecular weight is 287 g/mol. The third-order valence-electron chi connectivity index (χ3n) is 2.30. The second-order valence-electron chi connectivity index (χ2n) is 3.62. The summed E-state index contributed by atoms with van der Waals surface area (Å²) in [7, 11) is 0. The van der Waals surface area contributed by atoms with Crippen molar-refractivity contribution < 1.29 is 9.47 Å². The van der Waals surface area contributed by atoms with Gasteiger partial charge in [0.05, 0.1) is 19.3 Å². The first kappa shape index (κ1) is 13.7. The van der Waals surface area contributed by atoms with Crippen LogP contribution in [0.3, 0.4) is 0 Å². The molecule has 1 aromatic rings. The van der Waals surface area contributed by atoms with Gasteiger partial charge in [-0.1, -0.05) is 45.8 Å². The zero-order valence-corrected chi connectivity index (χ0v) is 11.5. The third kappa shape index (κ3) is 4.64. The average Bonchev–Trinajstić information content (AvgIpc) is 2.29. The molecule has 1 rings (SSSR count). The highest BCUT2D eigenvalue weighted by molar-refractivity contribution is 9.09. The van der Waals surface area contributed by atoms with Crippen LogP contribution in [0.25, 0.3) is 0 Å². The van der Waals surface area contributed by atoms with Gasteiger partial charge in [0.15, 0.2) is 0 Å². The number of ether oxygens (including phenoxy) is 2. The van der Waals surface area contributed by atoms with Crippen LogP contribution in [0.15, 0.2) is 24.3 Å². The highest BCUT2D eigenvalue weighted by atomic mass is 79.9. The SMILES string of the molecule is CCOCCOC(CBr)c1cccc(C)c1. The van der Waals surface area contributed by atoms with Crippen molar-refractivity contribution in [2.24, 2.45) is 0 Å². The van der Waals surface area contributed by atoms with E-state index in [2.05, 4.69) is 47.1 Å². The van der Waals surface area contributed by atoms with E-state index in [1.807, 2.05) is 6.92 Å². The Balaban J connectivity index is 2.47. The molecule has 0 fully saturated rings. The molecule has 16 heavy (non-hydrogen) atoms. The molecular weight excluding hydrogens is 268 g/mol. The smallest absolute Gasteiger partial charge is 0.0922 e. The van der Waals surface area contributed by atoms with Crippen molar-refractivity contribution >= 4 is 15.9 Å². The Kier molecular flexibility index (Phi) is 6.69. The van der Waals surface area contributed by atoms with E-state index < -0.39 is 0 Å². The van der Waals surface area contributed by atoms with Gasteiger partial charge in [0.2, 0.25) is 0 Å². The first-order valence-electron chi connectivity index (χ1n) is 5.59. The molecule has 90 valence electrons. The Morgan fingerprint density at radius 3 is 2.75 bits per heavy atom. The monoisotopic (exact) mass is 286 g/mol. The van der Waals surface area contributed by atoms with Crippen molar-refractivity contribution in [2.45, 2.75) is 20.0 Å². The van der Waals surface area contributed by atoms with Crippen molar-refractivity contribution in [1.29, 1.82) is 0 Å². The van der Waals surface area contributed by atoms with Gasteiger partial charge in [-0.3, -0.25) is 0 Å². The van der Waals surface area contributed by atoms with E-state index in [0.29, 0.717) is 13.2 Å². The molecule has 0 saturated carbocycles. The number of halogens is 1. The summed E-state index contributed by atoms with van der Waals surface area (Å²) >= 11 is 3.48. The van der Waals surface area contributed by atoms with Gasteiger partial charge < -0.3 is 9.47 Å². The van der Waals surface area contributed by atoms with Crippen LogP contribution in [0, 0.1) is 6.92 Å². The Bertz CT molecular complexity index is 302. The van der Waals surface area contributed by atoms with Gasteiger partial charge in [-0.25, -0.2) is 0 Å². The fraction of sp³-hybridized carbons (Fsp3) is 0.538. The lowest BCUT2D eigenvalue weighted by Crippen LogP contribution is -2.11. The van der Waals surface area contributed by atoms with Crippen molar-refractivity contribution in [1.82, 2.24) is 0 Å². The van der Waals surface area contributed by atoms with E-state index in [1.54, 1.807) is 0 Å². The van der Waals surface area contributed by atoms with Crippen LogP contribution in [0.1, 0.15) is 24.2 Å². The van der Waals surface area contributed by atoms with Crippen LogP contribution in [-0.4, -0.2) is 25.2 Å². The van der Waals surface area contributed by atoms with Crippen molar-refractivity contribution in [3.8, 4) is 0 Å². The summed E-state index contributed by atoms with van der Waals surface area (Å²) in [6, 6.07) is 8.41. The van der Waals surface area contributed by atoms with E-state index >= 15 is 0 Å². The normalized spacial score (nSPS) is 12.7. The van der Waals surface area contributed by atoms with Crippen molar-refractivity contribution in [3.63, 3.8) is 0 Å². The summed E-state index contributed by atoms with van der Waals surface area (Å²) in [5.41, 5.74) is 2.48. The summed E-state index contributed by atoms with van der Waals surface area (Å²) in [5.74, 6) is 0. The Morgan fingerprint density at radius 2 is 2.12 bits per heavy atom. The number of benzene rings is 1. The van der Waals surface area contributed by atoms with Crippen LogP contribution in [0.4, 0.5) is 0 Å². The van der Waals surface area contributed by atoms with Crippen LogP contribution in [0.2, 0.25) is 0 Å². The van der Waals surface area contributed by atoms with Gasteiger partial charge in [-0.15, -0.1) is 0 Å². The van der Waals surface area contributed by atoms with Crippen molar-refractivity contribution in [2.75, 3.05) is 25.2 Å². The molecule has 0 saturated heterocycles. The van der Waals surface area contributed by atoms with Crippen molar-refractivity contribution in [3.05, 3.63) is 35.4 Å². The first-order valence-corrected chi connectivity index (χ1v) is 6.72. The van der Waals surface area contributed by atoms with E-state index in [0.717, 1.165) is 11.9 Å². The lowest BCUT2D eigenvalue weighted by atomic mass is 10.1. The minimum Gasteiger partial charge on any atom is -0.379 e. The van der Waals surface area contributed by atoms with E-state index in [-0.39, 0.29) is 6.10 Å². The molecule has 1 unspecified atom stereocenters.